The van der Waals surface area contributed by atoms with Gasteiger partial charge in [-0.15, -0.1) is 0 Å². The van der Waals surface area contributed by atoms with Gasteiger partial charge < -0.3 is 0 Å². The molecule has 0 amide bonds. The van der Waals surface area contributed by atoms with Crippen LogP contribution in [0.15, 0.2) is 36.5 Å². The van der Waals surface area contributed by atoms with Gasteiger partial charge in [-0.3, -0.25) is 0 Å². The normalized spacial score (nSPS) is 24.9. The average molecular weight is 134 g/mol. The molecule has 0 saturated carbocycles. The van der Waals surface area contributed by atoms with Crippen LogP contribution in [0.5, 0.6) is 0 Å². The minimum atomic E-state index is 0.546. The monoisotopic (exact) mass is 134 g/mol. The minimum Gasteiger partial charge on any atom is -0.0995 e. The molecule has 10 heavy (non-hydrogen) atoms. The minimum absolute atomic E-state index is 0.546. The zero-order valence-corrected chi connectivity index (χ0v) is 6.56. The maximum atomic E-state index is 3.97. The molecule has 54 valence electrons. The first kappa shape index (κ1) is 7.33. The topological polar surface area (TPSA) is 0 Å². The highest BCUT2D eigenvalue weighted by Crippen LogP contribution is 2.27. The molecule has 0 aromatic carbocycles. The molecule has 0 heteroatoms. The van der Waals surface area contributed by atoms with E-state index in [0.717, 1.165) is 0 Å². The Balaban J connectivity index is 2.70. The number of rotatable bonds is 1. The van der Waals surface area contributed by atoms with Crippen molar-refractivity contribution in [1.82, 2.24) is 0 Å². The van der Waals surface area contributed by atoms with Crippen LogP contribution in [0.2, 0.25) is 0 Å². The first-order valence-corrected chi connectivity index (χ1v) is 3.72. The van der Waals surface area contributed by atoms with Crippen molar-refractivity contribution in [3.63, 3.8) is 0 Å². The Labute approximate surface area is 62.9 Å². The first-order chi connectivity index (χ1) is 4.72. The molecule has 0 spiro atoms. The largest absolute Gasteiger partial charge is 0.0995 e. The van der Waals surface area contributed by atoms with Crippen LogP contribution in [0.3, 0.4) is 0 Å². The van der Waals surface area contributed by atoms with Crippen molar-refractivity contribution >= 4 is 0 Å². The van der Waals surface area contributed by atoms with Gasteiger partial charge in [0.1, 0.15) is 0 Å². The van der Waals surface area contributed by atoms with Crippen LogP contribution in [-0.4, -0.2) is 0 Å². The highest BCUT2D eigenvalue weighted by Gasteiger charge is 2.12. The fraction of sp³-hybridized carbons (Fsp3) is 0.400. The van der Waals surface area contributed by atoms with Crippen LogP contribution in [0.25, 0.3) is 0 Å². The Morgan fingerprint density at radius 1 is 1.70 bits per heavy atom. The number of hydrogen-bond acceptors (Lipinski definition) is 0. The third-order valence-electron chi connectivity index (χ3n) is 2.00. The summed E-state index contributed by atoms with van der Waals surface area (Å²) in [5, 5.41) is 0. The molecule has 0 N–H and O–H groups in total. The Morgan fingerprint density at radius 2 is 2.40 bits per heavy atom. The molecule has 1 aliphatic rings. The third kappa shape index (κ3) is 1.38. The van der Waals surface area contributed by atoms with Crippen molar-refractivity contribution in [3.05, 3.63) is 36.5 Å². The molecule has 1 rings (SSSR count). The van der Waals surface area contributed by atoms with E-state index in [4.69, 9.17) is 0 Å². The average Bonchev–Trinajstić information content (AvgIpc) is 1.88. The summed E-state index contributed by atoms with van der Waals surface area (Å²) in [4.78, 5) is 0. The Morgan fingerprint density at radius 3 is 2.80 bits per heavy atom. The van der Waals surface area contributed by atoms with E-state index in [2.05, 4.69) is 32.2 Å². The second kappa shape index (κ2) is 2.87. The number of hydrogen-bond donors (Lipinski definition) is 0. The van der Waals surface area contributed by atoms with Gasteiger partial charge in [0.15, 0.2) is 0 Å². The standard InChI is InChI=1S/C10H14/c1-8(2)10-7-5-4-6-9(10)3/h4,6,10H,1,3,5,7H2,2H3. The van der Waals surface area contributed by atoms with Crippen molar-refractivity contribution in [2.75, 3.05) is 0 Å². The highest BCUT2D eigenvalue weighted by atomic mass is 14.2. The van der Waals surface area contributed by atoms with Crippen LogP contribution in [0, 0.1) is 5.92 Å². The van der Waals surface area contributed by atoms with Crippen molar-refractivity contribution < 1.29 is 0 Å². The molecule has 0 bridgehead atoms. The molecule has 0 fully saturated rings. The molecule has 1 aliphatic carbocycles. The molecule has 0 aromatic heterocycles. The van der Waals surface area contributed by atoms with E-state index >= 15 is 0 Å². The van der Waals surface area contributed by atoms with Crippen LogP contribution < -0.4 is 0 Å². The molecular formula is C10H14. The molecule has 0 radical (unpaired) electrons. The van der Waals surface area contributed by atoms with Crippen molar-refractivity contribution in [2.45, 2.75) is 19.8 Å². The van der Waals surface area contributed by atoms with E-state index < -0.39 is 0 Å². The lowest BCUT2D eigenvalue weighted by atomic mass is 9.86. The quantitative estimate of drug-likeness (QED) is 0.483. The van der Waals surface area contributed by atoms with Crippen LogP contribution in [-0.2, 0) is 0 Å². The fourth-order valence-corrected chi connectivity index (χ4v) is 1.36. The van der Waals surface area contributed by atoms with E-state index in [1.54, 1.807) is 0 Å². The Bertz CT molecular complexity index is 184. The second-order valence-electron chi connectivity index (χ2n) is 2.95. The van der Waals surface area contributed by atoms with Gasteiger partial charge >= 0.3 is 0 Å². The van der Waals surface area contributed by atoms with Gasteiger partial charge in [-0.2, -0.15) is 0 Å². The number of allylic oxidation sites excluding steroid dienone is 4. The molecule has 0 aromatic rings. The Kier molecular flexibility index (Phi) is 2.10. The van der Waals surface area contributed by atoms with Gasteiger partial charge in [0.2, 0.25) is 0 Å². The predicted octanol–water partition coefficient (Wildman–Crippen LogP) is 3.08. The Hall–Kier alpha value is -0.780. The maximum Gasteiger partial charge on any atom is 0.00396 e. The summed E-state index contributed by atoms with van der Waals surface area (Å²) >= 11 is 0. The zero-order valence-electron chi connectivity index (χ0n) is 6.56. The molecule has 0 heterocycles. The zero-order chi connectivity index (χ0) is 7.56. The molecule has 1 atom stereocenters. The van der Waals surface area contributed by atoms with Gasteiger partial charge in [0.05, 0.1) is 0 Å². The van der Waals surface area contributed by atoms with Crippen molar-refractivity contribution in [3.8, 4) is 0 Å². The molecule has 1 unspecified atom stereocenters. The third-order valence-corrected chi connectivity index (χ3v) is 2.00. The van der Waals surface area contributed by atoms with Crippen LogP contribution in [0.1, 0.15) is 19.8 Å². The summed E-state index contributed by atoms with van der Waals surface area (Å²) in [7, 11) is 0. The summed E-state index contributed by atoms with van der Waals surface area (Å²) < 4.78 is 0. The molecular weight excluding hydrogens is 120 g/mol. The predicted molar refractivity (Wildman–Crippen MR) is 45.8 cm³/mol. The van der Waals surface area contributed by atoms with E-state index in [-0.39, 0.29) is 0 Å². The van der Waals surface area contributed by atoms with Gasteiger partial charge in [-0.05, 0) is 25.3 Å². The summed E-state index contributed by atoms with van der Waals surface area (Å²) in [6.07, 6.45) is 6.67. The van der Waals surface area contributed by atoms with E-state index in [1.165, 1.54) is 24.0 Å². The fourth-order valence-electron chi connectivity index (χ4n) is 1.36. The second-order valence-corrected chi connectivity index (χ2v) is 2.95. The molecule has 0 saturated heterocycles. The van der Waals surface area contributed by atoms with E-state index in [9.17, 15) is 0 Å². The van der Waals surface area contributed by atoms with Crippen molar-refractivity contribution in [1.29, 1.82) is 0 Å². The summed E-state index contributed by atoms with van der Waals surface area (Å²) in [5.74, 6) is 0.546. The molecule has 0 aliphatic heterocycles. The van der Waals surface area contributed by atoms with Gasteiger partial charge in [0.25, 0.3) is 0 Å². The van der Waals surface area contributed by atoms with E-state index in [1.807, 2.05) is 0 Å². The van der Waals surface area contributed by atoms with Gasteiger partial charge in [0, 0.05) is 5.92 Å². The molecule has 0 nitrogen and oxygen atoms in total. The summed E-state index contributed by atoms with van der Waals surface area (Å²) in [6.45, 7) is 9.98. The van der Waals surface area contributed by atoms with Gasteiger partial charge in [-0.25, -0.2) is 0 Å². The van der Waals surface area contributed by atoms with Crippen LogP contribution in [0.4, 0.5) is 0 Å². The van der Waals surface area contributed by atoms with E-state index in [0.29, 0.717) is 5.92 Å². The SMILES string of the molecule is C=C(C)C1CCC=CC1=C. The maximum absolute atomic E-state index is 3.97. The smallest absolute Gasteiger partial charge is 0.00396 e. The van der Waals surface area contributed by atoms with Crippen LogP contribution >= 0.6 is 0 Å². The van der Waals surface area contributed by atoms with Gasteiger partial charge in [-0.1, -0.05) is 30.9 Å². The first-order valence-electron chi connectivity index (χ1n) is 3.72. The lowest BCUT2D eigenvalue weighted by Crippen LogP contribution is -2.05. The lowest BCUT2D eigenvalue weighted by molar-refractivity contribution is 0.647. The lowest BCUT2D eigenvalue weighted by Gasteiger charge is -2.19. The highest BCUT2D eigenvalue weighted by molar-refractivity contribution is 5.27. The van der Waals surface area contributed by atoms with Crippen molar-refractivity contribution in [2.24, 2.45) is 5.92 Å². The summed E-state index contributed by atoms with van der Waals surface area (Å²) in [6, 6.07) is 0. The summed E-state index contributed by atoms with van der Waals surface area (Å²) in [5.41, 5.74) is 2.47.